The first-order valence-corrected chi connectivity index (χ1v) is 9.25. The van der Waals surface area contributed by atoms with Crippen molar-refractivity contribution < 1.29 is 9.59 Å². The molecule has 0 aliphatic carbocycles. The molecule has 2 aliphatic heterocycles. The fraction of sp³-hybridized carbons (Fsp3) is 0.238. The van der Waals surface area contributed by atoms with Gasteiger partial charge in [-0.3, -0.25) is 14.6 Å². The number of benzene rings is 1. The second-order valence-corrected chi connectivity index (χ2v) is 7.28. The van der Waals surface area contributed by atoms with Crippen LogP contribution >= 0.6 is 0 Å². The highest BCUT2D eigenvalue weighted by Gasteiger charge is 2.54. The summed E-state index contributed by atoms with van der Waals surface area (Å²) in [4.78, 5) is 35.4. The van der Waals surface area contributed by atoms with Gasteiger partial charge in [-0.05, 0) is 42.7 Å². The minimum absolute atomic E-state index is 0.0500. The van der Waals surface area contributed by atoms with E-state index in [2.05, 4.69) is 21.1 Å². The van der Waals surface area contributed by atoms with Gasteiger partial charge in [0.2, 0.25) is 5.91 Å². The molecule has 1 atom stereocenters. The number of nitrogens with zero attached hydrogens (tertiary/aromatic N) is 4. The predicted molar refractivity (Wildman–Crippen MR) is 105 cm³/mol. The molecule has 1 N–H and O–H groups in total. The molecule has 4 heterocycles. The number of pyridine rings is 1. The predicted octanol–water partition coefficient (Wildman–Crippen LogP) is 2.04. The second-order valence-electron chi connectivity index (χ2n) is 7.28. The lowest BCUT2D eigenvalue weighted by Crippen LogP contribution is -2.65. The van der Waals surface area contributed by atoms with Gasteiger partial charge in [-0.25, -0.2) is 5.01 Å². The number of carbonyl (C=O) groups excluding carboxylic acids is 2. The summed E-state index contributed by atoms with van der Waals surface area (Å²) in [7, 11) is 0. The van der Waals surface area contributed by atoms with E-state index in [1.165, 1.54) is 5.01 Å². The number of carbonyl (C=O) groups is 2. The van der Waals surface area contributed by atoms with Crippen molar-refractivity contribution >= 4 is 28.9 Å². The molecule has 140 valence electrons. The average Bonchev–Trinajstić information content (AvgIpc) is 3.11. The lowest BCUT2D eigenvalue weighted by Gasteiger charge is -2.48. The van der Waals surface area contributed by atoms with E-state index in [-0.39, 0.29) is 18.4 Å². The smallest absolute Gasteiger partial charge is 0.275 e. The first kappa shape index (κ1) is 16.7. The van der Waals surface area contributed by atoms with Gasteiger partial charge >= 0.3 is 0 Å². The molecule has 7 heteroatoms. The summed E-state index contributed by atoms with van der Waals surface area (Å²) < 4.78 is 0. The maximum atomic E-state index is 13.5. The minimum atomic E-state index is -1.09. The number of nitrogens with one attached hydrogen (secondary N) is 1. The van der Waals surface area contributed by atoms with Crippen LogP contribution in [-0.2, 0) is 21.5 Å². The summed E-state index contributed by atoms with van der Waals surface area (Å²) in [6.07, 6.45) is 5.63. The number of fused-ring (bicyclic) bond motifs is 5. The molecule has 1 aromatic carbocycles. The SMILES string of the molecule is CC12C(=O)N(N=Cc3ccncc3)CC(=O)N1CCc1c2[nH]c2ccccc12. The summed E-state index contributed by atoms with van der Waals surface area (Å²) in [5.41, 5.74) is 2.61. The van der Waals surface area contributed by atoms with Gasteiger partial charge in [0.15, 0.2) is 5.54 Å². The zero-order valence-corrected chi connectivity index (χ0v) is 15.4. The number of para-hydroxylation sites is 1. The summed E-state index contributed by atoms with van der Waals surface area (Å²) >= 11 is 0. The Morgan fingerprint density at radius 2 is 1.96 bits per heavy atom. The second kappa shape index (κ2) is 6.02. The number of hydrogen-bond donors (Lipinski definition) is 1. The van der Waals surface area contributed by atoms with Gasteiger partial charge < -0.3 is 9.88 Å². The number of piperazine rings is 1. The molecule has 1 unspecified atom stereocenters. The van der Waals surface area contributed by atoms with Crippen molar-refractivity contribution in [3.8, 4) is 0 Å². The molecule has 5 rings (SSSR count). The van der Waals surface area contributed by atoms with Crippen molar-refractivity contribution in [3.63, 3.8) is 0 Å². The largest absolute Gasteiger partial charge is 0.356 e. The van der Waals surface area contributed by atoms with Gasteiger partial charge in [0.1, 0.15) is 6.54 Å². The summed E-state index contributed by atoms with van der Waals surface area (Å²) in [6, 6.07) is 11.6. The Morgan fingerprint density at radius 3 is 2.79 bits per heavy atom. The molecule has 2 aliphatic rings. The molecule has 2 amide bonds. The van der Waals surface area contributed by atoms with E-state index < -0.39 is 5.54 Å². The van der Waals surface area contributed by atoms with Crippen LogP contribution in [0.2, 0.25) is 0 Å². The Morgan fingerprint density at radius 1 is 1.18 bits per heavy atom. The third-order valence-corrected chi connectivity index (χ3v) is 5.71. The molecule has 0 spiro atoms. The molecular weight excluding hydrogens is 354 g/mol. The molecule has 3 aromatic rings. The van der Waals surface area contributed by atoms with E-state index in [1.807, 2.05) is 25.1 Å². The number of aromatic amines is 1. The lowest BCUT2D eigenvalue weighted by atomic mass is 9.83. The number of rotatable bonds is 2. The summed E-state index contributed by atoms with van der Waals surface area (Å²) in [5.74, 6) is -0.303. The number of amides is 2. The monoisotopic (exact) mass is 373 g/mol. The molecule has 2 aromatic heterocycles. The molecule has 7 nitrogen and oxygen atoms in total. The van der Waals surface area contributed by atoms with Gasteiger partial charge in [0, 0.05) is 29.8 Å². The highest BCUT2D eigenvalue weighted by Crippen LogP contribution is 2.41. The van der Waals surface area contributed by atoms with Crippen LogP contribution in [0.4, 0.5) is 0 Å². The molecular formula is C21H19N5O2. The Labute approximate surface area is 161 Å². The number of hydrazone groups is 1. The van der Waals surface area contributed by atoms with Crippen LogP contribution in [-0.4, -0.2) is 51.0 Å². The first-order chi connectivity index (χ1) is 13.6. The Hall–Kier alpha value is -3.48. The fourth-order valence-electron chi connectivity index (χ4n) is 4.27. The highest BCUT2D eigenvalue weighted by molar-refractivity contribution is 6.01. The van der Waals surface area contributed by atoms with E-state index in [0.29, 0.717) is 6.54 Å². The van der Waals surface area contributed by atoms with Crippen LogP contribution in [0, 0.1) is 0 Å². The lowest BCUT2D eigenvalue weighted by molar-refractivity contribution is -0.165. The molecule has 1 saturated heterocycles. The molecule has 0 bridgehead atoms. The van der Waals surface area contributed by atoms with Crippen molar-refractivity contribution in [2.45, 2.75) is 18.9 Å². The third kappa shape index (κ3) is 2.29. The molecule has 0 radical (unpaired) electrons. The fourth-order valence-corrected chi connectivity index (χ4v) is 4.27. The van der Waals surface area contributed by atoms with Crippen molar-refractivity contribution in [1.82, 2.24) is 19.9 Å². The number of aromatic nitrogens is 2. The summed E-state index contributed by atoms with van der Waals surface area (Å²) in [5, 5.41) is 6.70. The van der Waals surface area contributed by atoms with Gasteiger partial charge in [-0.1, -0.05) is 18.2 Å². The standard InChI is InChI=1S/C21H19N5O2/c1-21-19-16(15-4-2-3-5-17(15)24-19)8-11-25(21)18(27)13-26(20(21)28)23-12-14-6-9-22-10-7-14/h2-7,9-10,12,24H,8,11,13H2,1H3. The highest BCUT2D eigenvalue weighted by atomic mass is 16.2. The van der Waals surface area contributed by atoms with Crippen LogP contribution in [0.3, 0.4) is 0 Å². The van der Waals surface area contributed by atoms with Crippen LogP contribution in [0.15, 0.2) is 53.9 Å². The van der Waals surface area contributed by atoms with Gasteiger partial charge in [-0.2, -0.15) is 5.10 Å². The van der Waals surface area contributed by atoms with Crippen molar-refractivity contribution in [3.05, 3.63) is 65.6 Å². The van der Waals surface area contributed by atoms with Crippen LogP contribution in [0.5, 0.6) is 0 Å². The van der Waals surface area contributed by atoms with Crippen LogP contribution in [0.25, 0.3) is 10.9 Å². The average molecular weight is 373 g/mol. The number of hydrogen-bond acceptors (Lipinski definition) is 4. The quantitative estimate of drug-likeness (QED) is 0.698. The topological polar surface area (TPSA) is 81.7 Å². The van der Waals surface area contributed by atoms with Crippen LogP contribution in [0.1, 0.15) is 23.7 Å². The maximum absolute atomic E-state index is 13.5. The summed E-state index contributed by atoms with van der Waals surface area (Å²) in [6.45, 7) is 2.29. The third-order valence-electron chi connectivity index (χ3n) is 5.71. The Balaban J connectivity index is 1.59. The molecule has 28 heavy (non-hydrogen) atoms. The van der Waals surface area contributed by atoms with Gasteiger partial charge in [-0.15, -0.1) is 0 Å². The zero-order valence-electron chi connectivity index (χ0n) is 15.4. The Bertz CT molecular complexity index is 1120. The Kier molecular flexibility index (Phi) is 3.58. The first-order valence-electron chi connectivity index (χ1n) is 9.25. The van der Waals surface area contributed by atoms with Crippen molar-refractivity contribution in [2.24, 2.45) is 5.10 Å². The van der Waals surface area contributed by atoms with E-state index >= 15 is 0 Å². The van der Waals surface area contributed by atoms with Crippen molar-refractivity contribution in [2.75, 3.05) is 13.1 Å². The van der Waals surface area contributed by atoms with Gasteiger partial charge in [0.05, 0.1) is 11.9 Å². The maximum Gasteiger partial charge on any atom is 0.275 e. The molecule has 0 saturated carbocycles. The van der Waals surface area contributed by atoms with Crippen LogP contribution < -0.4 is 0 Å². The molecule has 1 fully saturated rings. The number of H-pyrrole nitrogens is 1. The van der Waals surface area contributed by atoms with Crippen molar-refractivity contribution in [1.29, 1.82) is 0 Å². The zero-order chi connectivity index (χ0) is 19.3. The van der Waals surface area contributed by atoms with Gasteiger partial charge in [0.25, 0.3) is 5.91 Å². The van der Waals surface area contributed by atoms with E-state index in [0.717, 1.165) is 34.1 Å². The normalized spacial score (nSPS) is 22.0. The van der Waals surface area contributed by atoms with E-state index in [4.69, 9.17) is 0 Å². The van der Waals surface area contributed by atoms with E-state index in [1.54, 1.807) is 35.6 Å². The van der Waals surface area contributed by atoms with E-state index in [9.17, 15) is 9.59 Å². The minimum Gasteiger partial charge on any atom is -0.356 e.